The molecule has 0 saturated carbocycles. The van der Waals surface area contributed by atoms with Crippen LogP contribution >= 0.6 is 0 Å². The van der Waals surface area contributed by atoms with Gasteiger partial charge in [-0.1, -0.05) is 12.1 Å². The molecule has 0 radical (unpaired) electrons. The number of hydrazine groups is 3. The van der Waals surface area contributed by atoms with Crippen LogP contribution in [0.25, 0.3) is 0 Å². The molecule has 0 aromatic heterocycles. The molecule has 0 aliphatic carbocycles. The summed E-state index contributed by atoms with van der Waals surface area (Å²) >= 11 is 0. The zero-order chi connectivity index (χ0) is 26.2. The second kappa shape index (κ2) is 12.0. The van der Waals surface area contributed by atoms with Gasteiger partial charge in [0.25, 0.3) is 5.96 Å². The number of nitroso groups, excluding NO2 is 1. The van der Waals surface area contributed by atoms with Gasteiger partial charge in [0.15, 0.2) is 5.66 Å². The topological polar surface area (TPSA) is 243 Å². The normalized spacial score (nSPS) is 24.4. The average Bonchev–Trinajstić information content (AvgIpc) is 3.32. The van der Waals surface area contributed by atoms with Gasteiger partial charge in [-0.3, -0.25) is 5.43 Å². The van der Waals surface area contributed by atoms with Gasteiger partial charge in [-0.2, -0.15) is 10.0 Å². The van der Waals surface area contributed by atoms with E-state index in [0.29, 0.717) is 6.54 Å². The van der Waals surface area contributed by atoms with Crippen molar-refractivity contribution in [3.05, 3.63) is 16.4 Å². The molecule has 2 aliphatic heterocycles. The van der Waals surface area contributed by atoms with Gasteiger partial charge >= 0.3 is 0 Å². The SMILES string of the molecule is CCC1(C)N=NN(C(/N=C/N/C(N)=N/N=C(\N)N2NC(CN(C)NC)C(N=O)=C2N)=N/NC)N1C. The molecule has 0 amide bonds. The van der Waals surface area contributed by atoms with E-state index in [-0.39, 0.29) is 29.4 Å². The molecule has 19 heteroatoms. The highest BCUT2D eigenvalue weighted by Crippen LogP contribution is 2.28. The van der Waals surface area contributed by atoms with Crippen molar-refractivity contribution in [1.82, 2.24) is 41.7 Å². The van der Waals surface area contributed by atoms with Crippen LogP contribution in [0.2, 0.25) is 0 Å². The smallest absolute Gasteiger partial charge is 0.281 e. The number of aliphatic imine (C=N–C) groups is 1. The Labute approximate surface area is 202 Å². The predicted molar refractivity (Wildman–Crippen MR) is 132 cm³/mol. The zero-order valence-electron chi connectivity index (χ0n) is 20.6. The van der Waals surface area contributed by atoms with Crippen LogP contribution in [0.5, 0.6) is 0 Å². The van der Waals surface area contributed by atoms with Gasteiger partial charge < -0.3 is 27.9 Å². The van der Waals surface area contributed by atoms with Crippen LogP contribution in [0, 0.1) is 4.91 Å². The van der Waals surface area contributed by atoms with Crippen LogP contribution in [0.3, 0.4) is 0 Å². The van der Waals surface area contributed by atoms with Crippen molar-refractivity contribution >= 4 is 24.2 Å². The fourth-order valence-corrected chi connectivity index (χ4v) is 2.87. The molecular weight excluding hydrogens is 460 g/mol. The largest absolute Gasteiger partial charge is 0.382 e. The Morgan fingerprint density at radius 3 is 2.63 bits per heavy atom. The molecule has 0 fully saturated rings. The van der Waals surface area contributed by atoms with Crippen molar-refractivity contribution in [2.24, 2.45) is 53.0 Å². The molecule has 194 valence electrons. The van der Waals surface area contributed by atoms with Gasteiger partial charge in [0.2, 0.25) is 11.9 Å². The standard InChI is InChI=1S/C16H34N18O/c1-7-16(2)29-30-34(32(16)6)15(26-20-3)23-9-22-13(18)24-25-14(19)33-12(17)11(28-35)10(27-33)8-31(5)21-4/h9-10,20-21,27H,7-8,17H2,1-6H3,(H2,19,25)(H3,18,22,23,24,26). The van der Waals surface area contributed by atoms with Crippen LogP contribution in [-0.2, 0) is 0 Å². The summed E-state index contributed by atoms with van der Waals surface area (Å²) in [7, 11) is 6.98. The van der Waals surface area contributed by atoms with E-state index in [1.165, 1.54) is 16.5 Å². The Kier molecular flexibility index (Phi) is 9.34. The first-order valence-corrected chi connectivity index (χ1v) is 10.6. The fourth-order valence-electron chi connectivity index (χ4n) is 2.87. The summed E-state index contributed by atoms with van der Waals surface area (Å²) in [6, 6.07) is -0.509. The maximum atomic E-state index is 11.2. The van der Waals surface area contributed by atoms with Crippen LogP contribution in [0.1, 0.15) is 20.3 Å². The Morgan fingerprint density at radius 1 is 1.34 bits per heavy atom. The lowest BCUT2D eigenvalue weighted by Gasteiger charge is -2.30. The molecule has 2 aliphatic rings. The van der Waals surface area contributed by atoms with Crippen LogP contribution < -0.4 is 38.8 Å². The number of hydrogen-bond donors (Lipinski definition) is 7. The summed E-state index contributed by atoms with van der Waals surface area (Å²) < 4.78 is 0. The molecule has 10 N–H and O–H groups in total. The predicted octanol–water partition coefficient (Wildman–Crippen LogP) is -2.56. The first-order valence-electron chi connectivity index (χ1n) is 10.6. The lowest BCUT2D eigenvalue weighted by atomic mass is 10.1. The molecule has 2 atom stereocenters. The van der Waals surface area contributed by atoms with E-state index < -0.39 is 11.7 Å². The third-order valence-corrected chi connectivity index (χ3v) is 5.32. The van der Waals surface area contributed by atoms with Gasteiger partial charge in [0.1, 0.15) is 11.5 Å². The molecule has 35 heavy (non-hydrogen) atoms. The van der Waals surface area contributed by atoms with Crippen molar-refractivity contribution in [3.8, 4) is 0 Å². The summed E-state index contributed by atoms with van der Waals surface area (Å²) in [5.41, 5.74) is 25.9. The number of likely N-dealkylation sites (N-methyl/N-ethyl adjacent to an activating group) is 1. The Hall–Kier alpha value is -3.94. The van der Waals surface area contributed by atoms with E-state index in [1.807, 2.05) is 20.9 Å². The van der Waals surface area contributed by atoms with E-state index in [1.54, 1.807) is 31.2 Å². The third-order valence-electron chi connectivity index (χ3n) is 5.32. The van der Waals surface area contributed by atoms with E-state index in [2.05, 4.69) is 57.4 Å². The average molecular weight is 495 g/mol. The number of nitrogens with two attached hydrogens (primary N) is 3. The van der Waals surface area contributed by atoms with E-state index >= 15 is 0 Å². The lowest BCUT2D eigenvalue weighted by molar-refractivity contribution is 0.0195. The summed E-state index contributed by atoms with van der Waals surface area (Å²) in [6.07, 6.45) is 1.99. The Morgan fingerprint density at radius 2 is 2.06 bits per heavy atom. The molecule has 0 saturated heterocycles. The van der Waals surface area contributed by atoms with Gasteiger partial charge in [-0.05, 0) is 25.6 Å². The number of hydrazone groups is 1. The van der Waals surface area contributed by atoms with Crippen LogP contribution in [0.4, 0.5) is 0 Å². The third kappa shape index (κ3) is 6.35. The number of rotatable bonds is 8. The van der Waals surface area contributed by atoms with Crippen LogP contribution in [0.15, 0.2) is 47.3 Å². The maximum Gasteiger partial charge on any atom is 0.281 e. The monoisotopic (exact) mass is 494 g/mol. The molecule has 2 heterocycles. The van der Waals surface area contributed by atoms with Crippen molar-refractivity contribution < 1.29 is 0 Å². The molecule has 19 nitrogen and oxygen atoms in total. The Balaban J connectivity index is 2.05. The molecule has 2 rings (SSSR count). The van der Waals surface area contributed by atoms with Gasteiger partial charge in [-0.15, -0.1) is 30.4 Å². The maximum absolute atomic E-state index is 11.2. The number of guanidine groups is 3. The van der Waals surface area contributed by atoms with Crippen LogP contribution in [-0.4, -0.2) is 90.8 Å². The molecule has 0 spiro atoms. The second-order valence-electron chi connectivity index (χ2n) is 7.54. The molecule has 0 aromatic rings. The minimum absolute atomic E-state index is 0.00921. The highest BCUT2D eigenvalue weighted by molar-refractivity contribution is 5.94. The van der Waals surface area contributed by atoms with E-state index in [4.69, 9.17) is 17.2 Å². The summed E-state index contributed by atoms with van der Waals surface area (Å²) in [5.74, 6) is -0.0765. The molecule has 2 unspecified atom stereocenters. The fraction of sp³-hybridized carbons (Fsp3) is 0.625. The summed E-state index contributed by atoms with van der Waals surface area (Å²) in [6.45, 7) is 4.32. The quantitative estimate of drug-likeness (QED) is 0.0797. The van der Waals surface area contributed by atoms with Gasteiger partial charge in [0.05, 0.1) is 12.4 Å². The second-order valence-corrected chi connectivity index (χ2v) is 7.54. The first kappa shape index (κ1) is 27.3. The first-order chi connectivity index (χ1) is 16.6. The van der Waals surface area contributed by atoms with E-state index in [0.717, 1.165) is 6.42 Å². The van der Waals surface area contributed by atoms with E-state index in [9.17, 15) is 4.91 Å². The zero-order valence-corrected chi connectivity index (χ0v) is 20.6. The van der Waals surface area contributed by atoms with Crippen molar-refractivity contribution in [2.75, 3.05) is 34.7 Å². The molecule has 0 bridgehead atoms. The summed E-state index contributed by atoms with van der Waals surface area (Å²) in [4.78, 5) is 15.4. The van der Waals surface area contributed by atoms with Crippen molar-refractivity contribution in [2.45, 2.75) is 32.0 Å². The minimum Gasteiger partial charge on any atom is -0.382 e. The minimum atomic E-state index is -0.509. The Bertz CT molecular complexity index is 939. The highest BCUT2D eigenvalue weighted by atomic mass is 16.3. The van der Waals surface area contributed by atoms with Crippen molar-refractivity contribution in [1.29, 1.82) is 0 Å². The van der Waals surface area contributed by atoms with Gasteiger partial charge in [0, 0.05) is 27.7 Å². The lowest BCUT2D eigenvalue weighted by Crippen LogP contribution is -2.50. The van der Waals surface area contributed by atoms with Crippen molar-refractivity contribution in [3.63, 3.8) is 0 Å². The molecule has 0 aromatic carbocycles. The number of nitrogens with zero attached hydrogens (tertiary/aromatic N) is 11. The van der Waals surface area contributed by atoms with Gasteiger partial charge in [-0.25, -0.2) is 15.4 Å². The number of nitrogens with one attached hydrogen (secondary N) is 4. The molecular formula is C16H34N18O. The highest BCUT2D eigenvalue weighted by Gasteiger charge is 2.39. The summed E-state index contributed by atoms with van der Waals surface area (Å²) in [5, 5.41) is 31.9. The number of hydrogen-bond acceptors (Lipinski definition) is 13.